The van der Waals surface area contributed by atoms with Gasteiger partial charge in [0.15, 0.2) is 0 Å². The Hall–Kier alpha value is -1.26. The average Bonchev–Trinajstić information content (AvgIpc) is 2.38. The summed E-state index contributed by atoms with van der Waals surface area (Å²) >= 11 is 5.84. The van der Waals surface area contributed by atoms with Crippen molar-refractivity contribution in [1.82, 2.24) is 10.6 Å². The van der Waals surface area contributed by atoms with Gasteiger partial charge in [-0.15, -0.1) is 0 Å². The predicted molar refractivity (Wildman–Crippen MR) is 88.7 cm³/mol. The molecule has 2 amide bonds. The Morgan fingerprint density at radius 1 is 1.32 bits per heavy atom. The molecule has 22 heavy (non-hydrogen) atoms. The summed E-state index contributed by atoms with van der Waals surface area (Å²) in [4.78, 5) is 11.9. The largest absolute Gasteiger partial charge is 0.335 e. The van der Waals surface area contributed by atoms with Crippen molar-refractivity contribution >= 4 is 17.6 Å². The average molecular weight is 322 g/mol. The summed E-state index contributed by atoms with van der Waals surface area (Å²) in [6.07, 6.45) is 4.67. The minimum Gasteiger partial charge on any atom is -0.335 e. The second kappa shape index (κ2) is 6.09. The van der Waals surface area contributed by atoms with Crippen LogP contribution >= 0.6 is 11.6 Å². The lowest BCUT2D eigenvalue weighted by Gasteiger charge is -2.58. The molecule has 1 aromatic rings. The fraction of sp³-hybridized carbons (Fsp3) is 0.588. The van der Waals surface area contributed by atoms with E-state index in [1.807, 2.05) is 24.3 Å². The van der Waals surface area contributed by atoms with Crippen molar-refractivity contribution in [2.24, 2.45) is 17.1 Å². The van der Waals surface area contributed by atoms with Gasteiger partial charge in [-0.25, -0.2) is 4.79 Å². The number of hydrogen-bond donors (Lipinski definition) is 3. The number of carbonyl (C=O) groups excluding carboxylic acids is 1. The zero-order valence-electron chi connectivity index (χ0n) is 12.9. The molecule has 1 aromatic carbocycles. The van der Waals surface area contributed by atoms with Crippen LogP contribution in [0.15, 0.2) is 24.3 Å². The third-order valence-electron chi connectivity index (χ3n) is 5.19. The van der Waals surface area contributed by atoms with Gasteiger partial charge in [0.25, 0.3) is 0 Å². The Balaban J connectivity index is 1.35. The summed E-state index contributed by atoms with van der Waals surface area (Å²) in [5, 5.41) is 6.66. The van der Waals surface area contributed by atoms with Crippen molar-refractivity contribution in [3.8, 4) is 0 Å². The highest BCUT2D eigenvalue weighted by molar-refractivity contribution is 6.30. The molecule has 0 saturated heterocycles. The van der Waals surface area contributed by atoms with Crippen LogP contribution in [0, 0.1) is 11.3 Å². The smallest absolute Gasteiger partial charge is 0.315 e. The van der Waals surface area contributed by atoms with Gasteiger partial charge in [-0.1, -0.05) is 23.7 Å². The Bertz CT molecular complexity index is 529. The molecular formula is C17H24ClN3O. The maximum atomic E-state index is 11.9. The number of hydrogen-bond acceptors (Lipinski definition) is 2. The highest BCUT2D eigenvalue weighted by Gasteiger charge is 2.53. The van der Waals surface area contributed by atoms with Crippen LogP contribution in [0.2, 0.25) is 5.02 Å². The number of nitrogens with two attached hydrogens (primary N) is 1. The van der Waals surface area contributed by atoms with Crippen LogP contribution in [0.1, 0.15) is 38.2 Å². The van der Waals surface area contributed by atoms with Crippen LogP contribution in [0.5, 0.6) is 0 Å². The molecule has 2 saturated carbocycles. The fourth-order valence-electron chi connectivity index (χ4n) is 3.87. The topological polar surface area (TPSA) is 67.1 Å². The number of carbonyl (C=O) groups is 1. The van der Waals surface area contributed by atoms with Gasteiger partial charge in [0.05, 0.1) is 0 Å². The standard InChI is InChI=1S/C17H24ClN3O/c1-11(19)13-6-17(7-13)8-15(9-17)21-16(22)20-10-12-2-4-14(18)5-3-12/h2-5,11,13,15H,6-10,19H2,1H3,(H2,20,21,22). The Morgan fingerprint density at radius 3 is 2.55 bits per heavy atom. The maximum absolute atomic E-state index is 11.9. The molecule has 2 fully saturated rings. The predicted octanol–water partition coefficient (Wildman–Crippen LogP) is 3.05. The third kappa shape index (κ3) is 3.39. The zero-order chi connectivity index (χ0) is 15.7. The van der Waals surface area contributed by atoms with Crippen molar-refractivity contribution in [1.29, 1.82) is 0 Å². The molecule has 1 unspecified atom stereocenters. The van der Waals surface area contributed by atoms with E-state index in [-0.39, 0.29) is 6.03 Å². The van der Waals surface area contributed by atoms with Gasteiger partial charge in [0.1, 0.15) is 0 Å². The van der Waals surface area contributed by atoms with E-state index in [2.05, 4.69) is 17.6 Å². The molecular weight excluding hydrogens is 298 g/mol. The number of amides is 2. The molecule has 3 rings (SSSR count). The van der Waals surface area contributed by atoms with Gasteiger partial charge in [0.2, 0.25) is 0 Å². The number of urea groups is 1. The van der Waals surface area contributed by atoms with Gasteiger partial charge in [-0.3, -0.25) is 0 Å². The van der Waals surface area contributed by atoms with Crippen LogP contribution in [-0.4, -0.2) is 18.1 Å². The molecule has 1 spiro atoms. The molecule has 4 N–H and O–H groups in total. The lowest BCUT2D eigenvalue weighted by atomic mass is 9.49. The number of halogens is 1. The van der Waals surface area contributed by atoms with E-state index in [9.17, 15) is 4.79 Å². The van der Waals surface area contributed by atoms with Crippen molar-refractivity contribution < 1.29 is 4.79 Å². The first-order valence-electron chi connectivity index (χ1n) is 8.00. The van der Waals surface area contributed by atoms with Gasteiger partial charge in [-0.2, -0.15) is 0 Å². The molecule has 4 nitrogen and oxygen atoms in total. The van der Waals surface area contributed by atoms with E-state index in [0.29, 0.717) is 35.0 Å². The first kappa shape index (κ1) is 15.6. The van der Waals surface area contributed by atoms with Gasteiger partial charge in [0, 0.05) is 23.7 Å². The Labute approximate surface area is 136 Å². The minimum atomic E-state index is -0.0853. The zero-order valence-corrected chi connectivity index (χ0v) is 13.7. The summed E-state index contributed by atoms with van der Waals surface area (Å²) in [5.74, 6) is 0.680. The van der Waals surface area contributed by atoms with Crippen LogP contribution in [0.25, 0.3) is 0 Å². The molecule has 2 aliphatic carbocycles. The molecule has 0 heterocycles. The number of benzene rings is 1. The Kier molecular flexibility index (Phi) is 4.33. The highest BCUT2D eigenvalue weighted by Crippen LogP contribution is 2.59. The van der Waals surface area contributed by atoms with Crippen LogP contribution < -0.4 is 16.4 Å². The molecule has 0 aliphatic heterocycles. The van der Waals surface area contributed by atoms with Gasteiger partial charge < -0.3 is 16.4 Å². The number of rotatable bonds is 4. The van der Waals surface area contributed by atoms with E-state index < -0.39 is 0 Å². The second-order valence-corrected chi connectivity index (χ2v) is 7.52. The highest BCUT2D eigenvalue weighted by atomic mass is 35.5. The summed E-state index contributed by atoms with van der Waals surface area (Å²) in [5.41, 5.74) is 7.45. The molecule has 0 bridgehead atoms. The van der Waals surface area contributed by atoms with E-state index >= 15 is 0 Å². The fourth-order valence-corrected chi connectivity index (χ4v) is 3.99. The quantitative estimate of drug-likeness (QED) is 0.798. The molecule has 2 aliphatic rings. The van der Waals surface area contributed by atoms with Gasteiger partial charge in [-0.05, 0) is 61.6 Å². The first-order valence-corrected chi connectivity index (χ1v) is 8.38. The van der Waals surface area contributed by atoms with Crippen LogP contribution in [0.4, 0.5) is 4.79 Å². The summed E-state index contributed by atoms with van der Waals surface area (Å²) in [6.45, 7) is 2.61. The lowest BCUT2D eigenvalue weighted by molar-refractivity contribution is -0.0527. The lowest BCUT2D eigenvalue weighted by Crippen LogP contribution is -2.59. The third-order valence-corrected chi connectivity index (χ3v) is 5.45. The molecule has 5 heteroatoms. The van der Waals surface area contributed by atoms with Crippen molar-refractivity contribution in [2.75, 3.05) is 0 Å². The molecule has 0 radical (unpaired) electrons. The van der Waals surface area contributed by atoms with Crippen LogP contribution in [0.3, 0.4) is 0 Å². The van der Waals surface area contributed by atoms with E-state index in [4.69, 9.17) is 17.3 Å². The second-order valence-electron chi connectivity index (χ2n) is 7.09. The van der Waals surface area contributed by atoms with E-state index in [1.165, 1.54) is 12.8 Å². The van der Waals surface area contributed by atoms with Crippen molar-refractivity contribution in [2.45, 2.75) is 51.2 Å². The van der Waals surface area contributed by atoms with E-state index in [1.54, 1.807) is 0 Å². The van der Waals surface area contributed by atoms with Crippen molar-refractivity contribution in [3.63, 3.8) is 0 Å². The van der Waals surface area contributed by atoms with E-state index in [0.717, 1.165) is 18.4 Å². The molecule has 0 aromatic heterocycles. The van der Waals surface area contributed by atoms with Gasteiger partial charge >= 0.3 is 6.03 Å². The summed E-state index contributed by atoms with van der Waals surface area (Å²) in [6, 6.07) is 8.04. The first-order chi connectivity index (χ1) is 10.5. The molecule has 1 atom stereocenters. The Morgan fingerprint density at radius 2 is 1.95 bits per heavy atom. The normalized spacial score (nSPS) is 31.0. The van der Waals surface area contributed by atoms with Crippen LogP contribution in [-0.2, 0) is 6.54 Å². The SMILES string of the molecule is CC(N)C1CC2(CC(NC(=O)NCc3ccc(Cl)cc3)C2)C1. The monoisotopic (exact) mass is 321 g/mol. The molecule has 120 valence electrons. The van der Waals surface area contributed by atoms with Crippen molar-refractivity contribution in [3.05, 3.63) is 34.9 Å². The summed E-state index contributed by atoms with van der Waals surface area (Å²) < 4.78 is 0. The minimum absolute atomic E-state index is 0.0853. The maximum Gasteiger partial charge on any atom is 0.315 e. The summed E-state index contributed by atoms with van der Waals surface area (Å²) in [7, 11) is 0. The number of nitrogens with one attached hydrogen (secondary N) is 2.